The van der Waals surface area contributed by atoms with Gasteiger partial charge in [-0.05, 0) is 78.7 Å². The van der Waals surface area contributed by atoms with Crippen LogP contribution in [0, 0.1) is 17.8 Å². The van der Waals surface area contributed by atoms with Crippen molar-refractivity contribution in [2.24, 2.45) is 29.2 Å². The predicted octanol–water partition coefficient (Wildman–Crippen LogP) is -1.78. The van der Waals surface area contributed by atoms with Crippen molar-refractivity contribution in [3.63, 3.8) is 0 Å². The molecule has 0 bridgehead atoms. The number of benzene rings is 2. The number of aliphatic carboxylic acids is 1. The van der Waals surface area contributed by atoms with Crippen LogP contribution < -0.4 is 54.0 Å². The minimum atomic E-state index is -1.73. The molecule has 2 rings (SSSR count). The third-order valence-corrected chi connectivity index (χ3v) is 12.4. The molecule has 24 nitrogen and oxygen atoms in total. The van der Waals surface area contributed by atoms with Crippen molar-refractivity contribution in [1.29, 1.82) is 0 Å². The molecule has 0 aliphatic rings. The number of aromatic hydroxyl groups is 1. The number of rotatable bonds is 34. The number of aliphatic hydroxyl groups is 2. The highest BCUT2D eigenvalue weighted by molar-refractivity contribution is 7.98. The Labute approximate surface area is 447 Å². The van der Waals surface area contributed by atoms with Crippen molar-refractivity contribution in [1.82, 2.24) is 42.5 Å². The first-order chi connectivity index (χ1) is 35.8. The number of carboxylic acid groups (broad SMARTS) is 1. The molecule has 0 aliphatic heterocycles. The average molecular weight is 1090 g/mol. The van der Waals surface area contributed by atoms with E-state index >= 15 is 0 Å². The normalized spacial score (nSPS) is 14.8. The van der Waals surface area contributed by atoms with Gasteiger partial charge >= 0.3 is 5.97 Å². The van der Waals surface area contributed by atoms with Crippen molar-refractivity contribution < 1.29 is 68.4 Å². The zero-order chi connectivity index (χ0) is 57.2. The first kappa shape index (κ1) is 65.3. The van der Waals surface area contributed by atoms with Gasteiger partial charge in [0.1, 0.15) is 54.1 Å². The molecule has 422 valence electrons. The molecule has 9 amide bonds. The molecule has 9 atom stereocenters. The molecule has 0 saturated heterocycles. The molecule has 0 radical (unpaired) electrons. The SMILES string of the molecule is CSCC[C@H](NC(=O)[C@@H](N)C(C)C)C(=O)N[C@@H](Cc1ccccc1)C(=O)N[C@@H](CO)C(=O)N[C@@H](Cc1ccc(O)cc1)C(=O)N[C@@H](CC(C)C)C(=O)N[C@@H](CCC(N)=O)C(=O)N[C@@H](CO)C(=O)N[C@@H](CC(C)C)C(=O)O. The van der Waals surface area contributed by atoms with E-state index in [1.165, 1.54) is 36.0 Å². The van der Waals surface area contributed by atoms with Gasteiger partial charge in [0.25, 0.3) is 0 Å². The highest BCUT2D eigenvalue weighted by atomic mass is 32.2. The van der Waals surface area contributed by atoms with Crippen LogP contribution in [-0.4, -0.2) is 159 Å². The summed E-state index contributed by atoms with van der Waals surface area (Å²) in [5.74, 6) is -9.87. The number of nitrogens with two attached hydrogens (primary N) is 2. The maximum absolute atomic E-state index is 14.4. The predicted molar refractivity (Wildman–Crippen MR) is 282 cm³/mol. The van der Waals surface area contributed by atoms with Gasteiger partial charge in [0, 0.05) is 19.3 Å². The van der Waals surface area contributed by atoms with E-state index in [1.54, 1.807) is 71.9 Å². The van der Waals surface area contributed by atoms with E-state index in [0.717, 1.165) is 0 Å². The number of thioether (sulfide) groups is 1. The highest BCUT2D eigenvalue weighted by Gasteiger charge is 2.36. The van der Waals surface area contributed by atoms with Gasteiger partial charge in [0.05, 0.1) is 19.3 Å². The lowest BCUT2D eigenvalue weighted by Gasteiger charge is -2.28. The number of carbonyl (C=O) groups excluding carboxylic acids is 9. The second-order valence-corrected chi connectivity index (χ2v) is 20.6. The topological polar surface area (TPSA) is 400 Å². The molecule has 0 fully saturated rings. The molecule has 2 aromatic rings. The minimum absolute atomic E-state index is 0.0284. The summed E-state index contributed by atoms with van der Waals surface area (Å²) in [4.78, 5) is 134. The van der Waals surface area contributed by atoms with E-state index < -0.39 is 140 Å². The van der Waals surface area contributed by atoms with Crippen LogP contribution >= 0.6 is 11.8 Å². The molecular weight excluding hydrogens is 1010 g/mol. The largest absolute Gasteiger partial charge is 0.508 e. The van der Waals surface area contributed by atoms with E-state index in [1.807, 2.05) is 6.26 Å². The number of phenolic OH excluding ortho intramolecular Hbond substituents is 1. The average Bonchev–Trinajstić information content (AvgIpc) is 3.36. The van der Waals surface area contributed by atoms with Gasteiger partial charge in [-0.15, -0.1) is 0 Å². The number of phenols is 1. The Bertz CT molecular complexity index is 2260. The summed E-state index contributed by atoms with van der Waals surface area (Å²) in [6.07, 6.45) is 0.741. The van der Waals surface area contributed by atoms with Gasteiger partial charge in [-0.2, -0.15) is 11.8 Å². The van der Waals surface area contributed by atoms with Crippen LogP contribution in [0.3, 0.4) is 0 Å². The first-order valence-corrected chi connectivity index (χ1v) is 26.4. The number of carboxylic acids is 1. The number of amides is 9. The molecular formula is C51H78N10O14S. The van der Waals surface area contributed by atoms with Crippen LogP contribution in [-0.2, 0) is 60.8 Å². The van der Waals surface area contributed by atoms with Crippen molar-refractivity contribution in [2.45, 2.75) is 141 Å². The number of hydrogen-bond acceptors (Lipinski definition) is 15. The van der Waals surface area contributed by atoms with Gasteiger partial charge in [-0.25, -0.2) is 4.79 Å². The van der Waals surface area contributed by atoms with Crippen LogP contribution in [0.25, 0.3) is 0 Å². The summed E-state index contributed by atoms with van der Waals surface area (Å²) in [5.41, 5.74) is 12.4. The van der Waals surface area contributed by atoms with Gasteiger partial charge in [-0.1, -0.05) is 84.0 Å². The molecule has 2 aromatic carbocycles. The Balaban J connectivity index is 2.47. The molecule has 0 unspecified atom stereocenters. The number of hydrogen-bond donors (Lipinski definition) is 14. The van der Waals surface area contributed by atoms with Gasteiger partial charge in [-0.3, -0.25) is 43.2 Å². The van der Waals surface area contributed by atoms with E-state index in [-0.39, 0.29) is 55.6 Å². The second-order valence-electron chi connectivity index (χ2n) is 19.6. The quantitative estimate of drug-likeness (QED) is 0.0368. The Morgan fingerprint density at radius 2 is 0.868 bits per heavy atom. The van der Waals surface area contributed by atoms with Crippen LogP contribution in [0.15, 0.2) is 54.6 Å². The summed E-state index contributed by atoms with van der Waals surface area (Å²) in [6.45, 7) is 8.41. The molecule has 0 aromatic heterocycles. The lowest BCUT2D eigenvalue weighted by atomic mass is 10.00. The van der Waals surface area contributed by atoms with Crippen molar-refractivity contribution in [2.75, 3.05) is 25.2 Å². The number of carbonyl (C=O) groups is 10. The van der Waals surface area contributed by atoms with Crippen LogP contribution in [0.4, 0.5) is 0 Å². The lowest BCUT2D eigenvalue weighted by Crippen LogP contribution is -2.61. The fourth-order valence-corrected chi connectivity index (χ4v) is 7.93. The Kier molecular flexibility index (Phi) is 28.6. The monoisotopic (exact) mass is 1090 g/mol. The Hall–Kier alpha value is -6.83. The third kappa shape index (κ3) is 23.4. The molecule has 16 N–H and O–H groups in total. The zero-order valence-electron chi connectivity index (χ0n) is 44.1. The Morgan fingerprint density at radius 1 is 0.500 bits per heavy atom. The fraction of sp³-hybridized carbons (Fsp3) is 0.569. The Morgan fingerprint density at radius 3 is 1.30 bits per heavy atom. The standard InChI is InChI=1S/C51H78N10O14S/c1-27(2)21-35(45(68)54-33(17-18-41(52)65)43(66)60-40(26-63)49(72)59-38(51(74)75)22-28(3)4)56-46(69)37(24-31-13-15-32(64)16-14-31)58-48(71)39(25-62)61-47(70)36(23-30-11-9-8-10-12-30)57-44(67)34(19-20-76-7)55-50(73)42(53)29(5)6/h8-16,27-29,33-40,42,62-64H,17-26,53H2,1-7H3,(H2,52,65)(H,54,68)(H,55,73)(H,56,69)(H,57,67)(H,58,71)(H,59,72)(H,60,66)(H,61,70)(H,74,75)/t33-,34-,35-,36-,37-,38-,39-,40-,42-/m0/s1. The smallest absolute Gasteiger partial charge is 0.326 e. The number of aliphatic hydroxyl groups excluding tert-OH is 2. The van der Waals surface area contributed by atoms with E-state index in [9.17, 15) is 68.4 Å². The molecule has 0 saturated carbocycles. The second kappa shape index (κ2) is 33.3. The summed E-state index contributed by atoms with van der Waals surface area (Å²) in [5, 5.41) is 60.1. The van der Waals surface area contributed by atoms with Gasteiger partial charge in [0.2, 0.25) is 53.2 Å². The van der Waals surface area contributed by atoms with Gasteiger partial charge < -0.3 is 74.4 Å². The molecule has 0 aliphatic carbocycles. The van der Waals surface area contributed by atoms with Crippen LogP contribution in [0.5, 0.6) is 5.75 Å². The summed E-state index contributed by atoms with van der Waals surface area (Å²) in [6, 6.07) is 1.39. The fourth-order valence-electron chi connectivity index (χ4n) is 7.46. The maximum Gasteiger partial charge on any atom is 0.326 e. The van der Waals surface area contributed by atoms with E-state index in [0.29, 0.717) is 16.9 Å². The third-order valence-electron chi connectivity index (χ3n) is 11.8. The number of nitrogens with one attached hydrogen (secondary N) is 8. The van der Waals surface area contributed by atoms with E-state index in [2.05, 4.69) is 42.5 Å². The van der Waals surface area contributed by atoms with Crippen molar-refractivity contribution >= 4 is 70.9 Å². The summed E-state index contributed by atoms with van der Waals surface area (Å²) < 4.78 is 0. The molecule has 25 heteroatoms. The van der Waals surface area contributed by atoms with Crippen molar-refractivity contribution in [3.05, 3.63) is 65.7 Å². The van der Waals surface area contributed by atoms with Crippen LogP contribution in [0.1, 0.15) is 84.8 Å². The highest BCUT2D eigenvalue weighted by Crippen LogP contribution is 2.15. The minimum Gasteiger partial charge on any atom is -0.508 e. The zero-order valence-corrected chi connectivity index (χ0v) is 44.9. The summed E-state index contributed by atoms with van der Waals surface area (Å²) >= 11 is 1.42. The van der Waals surface area contributed by atoms with Crippen LogP contribution in [0.2, 0.25) is 0 Å². The van der Waals surface area contributed by atoms with E-state index in [4.69, 9.17) is 11.5 Å². The maximum atomic E-state index is 14.4. The van der Waals surface area contributed by atoms with Crippen molar-refractivity contribution in [3.8, 4) is 5.75 Å². The molecule has 0 spiro atoms. The van der Waals surface area contributed by atoms with Gasteiger partial charge in [0.15, 0.2) is 0 Å². The summed E-state index contributed by atoms with van der Waals surface area (Å²) in [7, 11) is 0. The first-order valence-electron chi connectivity index (χ1n) is 25.0. The molecule has 76 heavy (non-hydrogen) atoms. The number of primary amides is 1. The molecule has 0 heterocycles. The lowest BCUT2D eigenvalue weighted by molar-refractivity contribution is -0.143.